The number of fused-ring (bicyclic) bond motifs is 1. The quantitative estimate of drug-likeness (QED) is 0.169. The van der Waals surface area contributed by atoms with E-state index in [9.17, 15) is 10.1 Å². The standard InChI is InChI=1S/C33H27ClN2O5/c1-2-15-38-25-7-4-6-23(17-25)33(37)40-27-13-14-28-30(18-27)41-32(36)29(19-35)31(28)22-5-3-8-26(16-22)39-20-21-9-11-24(34)12-10-21/h3-14,16-18,31H,2,15,20,36H2,1H3. The van der Waals surface area contributed by atoms with Crippen molar-refractivity contribution in [3.8, 4) is 29.1 Å². The summed E-state index contributed by atoms with van der Waals surface area (Å²) in [6.07, 6.45) is 0.858. The summed E-state index contributed by atoms with van der Waals surface area (Å²) >= 11 is 5.98. The van der Waals surface area contributed by atoms with Crippen molar-refractivity contribution in [2.45, 2.75) is 25.9 Å². The number of hydrogen-bond donors (Lipinski definition) is 1. The summed E-state index contributed by atoms with van der Waals surface area (Å²) in [4.78, 5) is 12.9. The lowest BCUT2D eigenvalue weighted by Crippen LogP contribution is -2.21. The second-order valence-electron chi connectivity index (χ2n) is 9.38. The third-order valence-electron chi connectivity index (χ3n) is 6.45. The Morgan fingerprint density at radius 3 is 2.46 bits per heavy atom. The van der Waals surface area contributed by atoms with Crippen LogP contribution < -0.4 is 24.7 Å². The van der Waals surface area contributed by atoms with Crippen LogP contribution in [0.15, 0.2) is 102 Å². The van der Waals surface area contributed by atoms with Crippen LogP contribution in [0, 0.1) is 11.3 Å². The molecule has 41 heavy (non-hydrogen) atoms. The van der Waals surface area contributed by atoms with Crippen molar-refractivity contribution >= 4 is 17.6 Å². The van der Waals surface area contributed by atoms with E-state index in [-0.39, 0.29) is 17.2 Å². The fraction of sp³-hybridized carbons (Fsp3) is 0.152. The number of nitrogens with two attached hydrogens (primary N) is 1. The van der Waals surface area contributed by atoms with Crippen LogP contribution in [0.4, 0.5) is 0 Å². The molecule has 0 radical (unpaired) electrons. The number of halogens is 1. The molecule has 1 aliphatic rings. The summed E-state index contributed by atoms with van der Waals surface area (Å²) in [7, 11) is 0. The van der Waals surface area contributed by atoms with E-state index in [0.29, 0.717) is 46.6 Å². The van der Waals surface area contributed by atoms with Crippen LogP contribution in [-0.2, 0) is 6.61 Å². The third-order valence-corrected chi connectivity index (χ3v) is 6.71. The molecule has 1 aliphatic heterocycles. The molecule has 0 saturated heterocycles. The zero-order valence-electron chi connectivity index (χ0n) is 22.3. The smallest absolute Gasteiger partial charge is 0.343 e. The van der Waals surface area contributed by atoms with E-state index in [1.54, 1.807) is 42.5 Å². The lowest BCUT2D eigenvalue weighted by atomic mass is 9.83. The summed E-state index contributed by atoms with van der Waals surface area (Å²) in [6.45, 7) is 2.92. The van der Waals surface area contributed by atoms with Crippen molar-refractivity contribution in [3.63, 3.8) is 0 Å². The van der Waals surface area contributed by atoms with Gasteiger partial charge < -0.3 is 24.7 Å². The van der Waals surface area contributed by atoms with Crippen molar-refractivity contribution in [2.75, 3.05) is 6.61 Å². The van der Waals surface area contributed by atoms with Gasteiger partial charge in [0.05, 0.1) is 18.1 Å². The molecule has 2 N–H and O–H groups in total. The maximum Gasteiger partial charge on any atom is 0.343 e. The molecule has 5 rings (SSSR count). The number of ether oxygens (including phenoxy) is 4. The van der Waals surface area contributed by atoms with Crippen molar-refractivity contribution in [2.24, 2.45) is 5.73 Å². The van der Waals surface area contributed by atoms with E-state index in [4.69, 9.17) is 36.3 Å². The largest absolute Gasteiger partial charge is 0.494 e. The van der Waals surface area contributed by atoms with Crippen molar-refractivity contribution in [1.82, 2.24) is 0 Å². The van der Waals surface area contributed by atoms with Crippen molar-refractivity contribution in [3.05, 3.63) is 130 Å². The Morgan fingerprint density at radius 2 is 1.71 bits per heavy atom. The maximum atomic E-state index is 12.9. The number of hydrogen-bond acceptors (Lipinski definition) is 7. The summed E-state index contributed by atoms with van der Waals surface area (Å²) in [5.41, 5.74) is 9.31. The second-order valence-corrected chi connectivity index (χ2v) is 9.81. The number of nitrogens with zero attached hydrogens (tertiary/aromatic N) is 1. The first-order chi connectivity index (χ1) is 19.9. The Bertz CT molecular complexity index is 1640. The van der Waals surface area contributed by atoms with E-state index in [1.165, 1.54) is 0 Å². The molecule has 0 spiro atoms. The molecular weight excluding hydrogens is 540 g/mol. The van der Waals surface area contributed by atoms with Crippen molar-refractivity contribution < 1.29 is 23.7 Å². The average molecular weight is 567 g/mol. The first-order valence-corrected chi connectivity index (χ1v) is 13.5. The van der Waals surface area contributed by atoms with Gasteiger partial charge in [-0.15, -0.1) is 0 Å². The molecule has 0 bridgehead atoms. The second kappa shape index (κ2) is 12.5. The van der Waals surface area contributed by atoms with Gasteiger partial charge in [-0.25, -0.2) is 4.79 Å². The van der Waals surface area contributed by atoms with Gasteiger partial charge in [0.15, 0.2) is 0 Å². The number of allylic oxidation sites excluding steroid dienone is 1. The Kier molecular flexibility index (Phi) is 8.42. The lowest BCUT2D eigenvalue weighted by Gasteiger charge is -2.27. The fourth-order valence-electron chi connectivity index (χ4n) is 4.47. The van der Waals surface area contributed by atoms with Gasteiger partial charge in [0, 0.05) is 16.7 Å². The number of benzene rings is 4. The highest BCUT2D eigenvalue weighted by molar-refractivity contribution is 6.30. The number of rotatable bonds is 9. The molecule has 0 amide bonds. The zero-order chi connectivity index (χ0) is 28.8. The van der Waals surface area contributed by atoms with Gasteiger partial charge in [-0.2, -0.15) is 5.26 Å². The van der Waals surface area contributed by atoms with Gasteiger partial charge in [0.1, 0.15) is 41.2 Å². The Balaban J connectivity index is 1.38. The van der Waals surface area contributed by atoms with E-state index < -0.39 is 11.9 Å². The van der Waals surface area contributed by atoms with Crippen LogP contribution in [0.2, 0.25) is 5.02 Å². The number of carbonyl (C=O) groups is 1. The third kappa shape index (κ3) is 6.46. The molecule has 8 heteroatoms. The van der Waals surface area contributed by atoms with Crippen LogP contribution in [0.5, 0.6) is 23.0 Å². The van der Waals surface area contributed by atoms with Gasteiger partial charge in [0.2, 0.25) is 5.88 Å². The van der Waals surface area contributed by atoms with E-state index >= 15 is 0 Å². The molecule has 1 heterocycles. The summed E-state index contributed by atoms with van der Waals surface area (Å²) < 4.78 is 23.1. The van der Waals surface area contributed by atoms with Gasteiger partial charge in [-0.1, -0.05) is 54.9 Å². The van der Waals surface area contributed by atoms with E-state index in [1.807, 2.05) is 55.5 Å². The maximum absolute atomic E-state index is 12.9. The van der Waals surface area contributed by atoms with E-state index in [2.05, 4.69) is 6.07 Å². The normalized spacial score (nSPS) is 13.9. The minimum Gasteiger partial charge on any atom is -0.494 e. The molecule has 1 unspecified atom stereocenters. The predicted molar refractivity (Wildman–Crippen MR) is 155 cm³/mol. The predicted octanol–water partition coefficient (Wildman–Crippen LogP) is 7.15. The van der Waals surface area contributed by atoms with Gasteiger partial charge in [-0.05, 0) is 66.1 Å². The van der Waals surface area contributed by atoms with Gasteiger partial charge in [-0.3, -0.25) is 0 Å². The topological polar surface area (TPSA) is 104 Å². The molecule has 206 valence electrons. The Morgan fingerprint density at radius 1 is 0.951 bits per heavy atom. The average Bonchev–Trinajstić information content (AvgIpc) is 2.99. The molecule has 4 aromatic rings. The van der Waals surface area contributed by atoms with Crippen LogP contribution in [0.1, 0.15) is 46.3 Å². The van der Waals surface area contributed by atoms with Crippen molar-refractivity contribution in [1.29, 1.82) is 5.26 Å². The van der Waals surface area contributed by atoms with E-state index in [0.717, 1.165) is 17.5 Å². The minimum absolute atomic E-state index is 0.0123. The highest BCUT2D eigenvalue weighted by Gasteiger charge is 2.31. The number of carbonyl (C=O) groups excluding carboxylic acids is 1. The highest BCUT2D eigenvalue weighted by atomic mass is 35.5. The summed E-state index contributed by atoms with van der Waals surface area (Å²) in [5.74, 6) is 0.856. The van der Waals surface area contributed by atoms with Crippen LogP contribution in [-0.4, -0.2) is 12.6 Å². The van der Waals surface area contributed by atoms with Gasteiger partial charge >= 0.3 is 5.97 Å². The fourth-order valence-corrected chi connectivity index (χ4v) is 4.60. The summed E-state index contributed by atoms with van der Waals surface area (Å²) in [5, 5.41) is 10.6. The SMILES string of the molecule is CCCOc1cccc(C(=O)Oc2ccc3c(c2)OC(N)=C(C#N)C3c2cccc(OCc3ccc(Cl)cc3)c2)c1. The minimum atomic E-state index is -0.536. The monoisotopic (exact) mass is 566 g/mol. The molecule has 0 aromatic heterocycles. The zero-order valence-corrected chi connectivity index (χ0v) is 23.1. The van der Waals surface area contributed by atoms with Gasteiger partial charge in [0.25, 0.3) is 0 Å². The molecule has 0 saturated carbocycles. The van der Waals surface area contributed by atoms with Crippen LogP contribution in [0.25, 0.3) is 0 Å². The first kappa shape index (κ1) is 27.6. The summed E-state index contributed by atoms with van der Waals surface area (Å²) in [6, 6.07) is 29.0. The lowest BCUT2D eigenvalue weighted by molar-refractivity contribution is 0.0734. The Hall–Kier alpha value is -4.93. The first-order valence-electron chi connectivity index (χ1n) is 13.1. The van der Waals surface area contributed by atoms with Crippen LogP contribution >= 0.6 is 11.6 Å². The molecular formula is C33H27ClN2O5. The highest BCUT2D eigenvalue weighted by Crippen LogP contribution is 2.44. The molecule has 4 aromatic carbocycles. The molecule has 0 fully saturated rings. The number of esters is 1. The van der Waals surface area contributed by atoms with Crippen LogP contribution in [0.3, 0.4) is 0 Å². The molecule has 0 aliphatic carbocycles. The molecule has 1 atom stereocenters. The number of nitriles is 1. The Labute approximate surface area is 243 Å². The molecule has 7 nitrogen and oxygen atoms in total.